The third-order valence-electron chi connectivity index (χ3n) is 4.07. The van der Waals surface area contributed by atoms with E-state index in [1.807, 2.05) is 5.32 Å². The van der Waals surface area contributed by atoms with E-state index in [-0.39, 0.29) is 24.8 Å². The van der Waals surface area contributed by atoms with Crippen LogP contribution >= 0.6 is 0 Å². The van der Waals surface area contributed by atoms with E-state index >= 15 is 0 Å². The van der Waals surface area contributed by atoms with Crippen LogP contribution in [0.3, 0.4) is 0 Å². The molecule has 1 fully saturated rings. The molecule has 2 unspecified atom stereocenters. The molecule has 2 N–H and O–H groups in total. The van der Waals surface area contributed by atoms with E-state index in [1.54, 1.807) is 0 Å². The smallest absolute Gasteiger partial charge is 0.416 e. The fraction of sp³-hybridized carbons (Fsp3) is 0.500. The Hall–Kier alpha value is -2.30. The average molecular weight is 399 g/mol. The monoisotopic (exact) mass is 399 g/mol. The van der Waals surface area contributed by atoms with Crippen molar-refractivity contribution in [2.45, 2.75) is 31.2 Å². The lowest BCUT2D eigenvalue weighted by Crippen LogP contribution is -2.48. The first-order valence-corrected chi connectivity index (χ1v) is 7.80. The number of carbonyl (C=O) groups excluding carboxylic acids is 1. The maximum absolute atomic E-state index is 12.9. The molecule has 0 saturated carbocycles. The lowest BCUT2D eigenvalue weighted by Gasteiger charge is -2.28. The number of alkyl halides is 6. The number of carboxylic acid groups (broad SMARTS) is 1. The molecule has 0 aliphatic carbocycles. The van der Waals surface area contributed by atoms with Crippen LogP contribution < -0.4 is 5.32 Å². The molecule has 5 nitrogen and oxygen atoms in total. The molecule has 1 aliphatic heterocycles. The second kappa shape index (κ2) is 7.75. The normalized spacial score (nSPS) is 19.4. The number of rotatable bonds is 4. The zero-order valence-corrected chi connectivity index (χ0v) is 13.7. The molecule has 0 spiro atoms. The Labute approximate surface area is 149 Å². The SMILES string of the molecule is O=C(NC(C(=O)O)C1CCCOC1)c1cc(C(F)(F)F)cc(C(F)(F)F)c1. The Balaban J connectivity index is 2.34. The van der Waals surface area contributed by atoms with Crippen molar-refractivity contribution in [2.24, 2.45) is 5.92 Å². The van der Waals surface area contributed by atoms with Crippen molar-refractivity contribution in [2.75, 3.05) is 13.2 Å². The van der Waals surface area contributed by atoms with Crippen LogP contribution in [0.5, 0.6) is 0 Å². The highest BCUT2D eigenvalue weighted by atomic mass is 19.4. The zero-order chi connectivity index (χ0) is 20.4. The Bertz CT molecular complexity index is 678. The standard InChI is InChI=1S/C16H15F6NO4/c17-15(18,19)10-4-9(5-11(6-10)16(20,21)22)13(24)23-12(14(25)26)8-2-1-3-27-7-8/h4-6,8,12H,1-3,7H2,(H,23,24)(H,25,26). The number of ether oxygens (including phenoxy) is 1. The average Bonchev–Trinajstić information content (AvgIpc) is 2.58. The van der Waals surface area contributed by atoms with Gasteiger partial charge < -0.3 is 15.2 Å². The van der Waals surface area contributed by atoms with Gasteiger partial charge in [-0.05, 0) is 31.0 Å². The molecule has 0 aromatic heterocycles. The van der Waals surface area contributed by atoms with Crippen molar-refractivity contribution < 1.29 is 45.8 Å². The molecule has 1 amide bonds. The number of carbonyl (C=O) groups is 2. The number of nitrogens with one attached hydrogen (secondary N) is 1. The van der Waals surface area contributed by atoms with Crippen LogP contribution in [0.25, 0.3) is 0 Å². The van der Waals surface area contributed by atoms with Gasteiger partial charge in [0.15, 0.2) is 0 Å². The molecule has 0 radical (unpaired) electrons. The first kappa shape index (κ1) is 21.0. The van der Waals surface area contributed by atoms with Crippen molar-refractivity contribution in [1.29, 1.82) is 0 Å². The summed E-state index contributed by atoms with van der Waals surface area (Å²) in [6, 6.07) is -1.11. The number of benzene rings is 1. The van der Waals surface area contributed by atoms with Crippen molar-refractivity contribution in [3.63, 3.8) is 0 Å². The minimum absolute atomic E-state index is 0.00758. The molecule has 1 saturated heterocycles. The number of amides is 1. The first-order valence-electron chi connectivity index (χ1n) is 7.80. The first-order chi connectivity index (χ1) is 12.4. The molecule has 2 atom stereocenters. The molecular formula is C16H15F6NO4. The summed E-state index contributed by atoms with van der Waals surface area (Å²) in [5.41, 5.74) is -4.24. The lowest BCUT2D eigenvalue weighted by atomic mass is 9.93. The summed E-state index contributed by atoms with van der Waals surface area (Å²) in [5.74, 6) is -3.44. The summed E-state index contributed by atoms with van der Waals surface area (Å²) in [6.07, 6.45) is -9.32. The van der Waals surface area contributed by atoms with Gasteiger partial charge in [-0.15, -0.1) is 0 Å². The van der Waals surface area contributed by atoms with Crippen LogP contribution in [0, 0.1) is 5.92 Å². The van der Waals surface area contributed by atoms with Gasteiger partial charge in [0.05, 0.1) is 17.7 Å². The minimum atomic E-state index is -5.11. The van der Waals surface area contributed by atoms with Gasteiger partial charge in [0, 0.05) is 18.1 Å². The molecule has 1 aromatic rings. The third kappa shape index (κ3) is 5.34. The molecule has 1 heterocycles. The molecule has 27 heavy (non-hydrogen) atoms. The second-order valence-corrected chi connectivity index (χ2v) is 6.06. The number of hydrogen-bond acceptors (Lipinski definition) is 3. The fourth-order valence-corrected chi connectivity index (χ4v) is 2.72. The molecule has 11 heteroatoms. The summed E-state index contributed by atoms with van der Waals surface area (Å²) in [5, 5.41) is 11.3. The summed E-state index contributed by atoms with van der Waals surface area (Å²) < 4.78 is 82.3. The molecule has 1 aromatic carbocycles. The Morgan fingerprint density at radius 2 is 1.63 bits per heavy atom. The van der Waals surface area contributed by atoms with E-state index in [9.17, 15) is 41.0 Å². The largest absolute Gasteiger partial charge is 0.480 e. The van der Waals surface area contributed by atoms with Crippen molar-refractivity contribution >= 4 is 11.9 Å². The summed E-state index contributed by atoms with van der Waals surface area (Å²) in [7, 11) is 0. The van der Waals surface area contributed by atoms with Crippen LogP contribution in [0.4, 0.5) is 26.3 Å². The number of hydrogen-bond donors (Lipinski definition) is 2. The highest BCUT2D eigenvalue weighted by molar-refractivity contribution is 5.97. The summed E-state index contributed by atoms with van der Waals surface area (Å²) >= 11 is 0. The van der Waals surface area contributed by atoms with Crippen LogP contribution in [-0.4, -0.2) is 36.2 Å². The van der Waals surface area contributed by atoms with Crippen molar-refractivity contribution in [3.8, 4) is 0 Å². The minimum Gasteiger partial charge on any atom is -0.480 e. The topological polar surface area (TPSA) is 75.6 Å². The van der Waals surface area contributed by atoms with Crippen molar-refractivity contribution in [1.82, 2.24) is 5.32 Å². The van der Waals surface area contributed by atoms with Gasteiger partial charge in [0.25, 0.3) is 5.91 Å². The quantitative estimate of drug-likeness (QED) is 0.762. The van der Waals surface area contributed by atoms with E-state index in [4.69, 9.17) is 4.74 Å². The highest BCUT2D eigenvalue weighted by Gasteiger charge is 2.38. The van der Waals surface area contributed by atoms with E-state index < -0.39 is 52.9 Å². The zero-order valence-electron chi connectivity index (χ0n) is 13.7. The van der Waals surface area contributed by atoms with Gasteiger partial charge >= 0.3 is 18.3 Å². The van der Waals surface area contributed by atoms with Crippen molar-refractivity contribution in [3.05, 3.63) is 34.9 Å². The predicted molar refractivity (Wildman–Crippen MR) is 78.9 cm³/mol. The van der Waals surface area contributed by atoms with E-state index in [1.165, 1.54) is 0 Å². The molecule has 150 valence electrons. The van der Waals surface area contributed by atoms with E-state index in [0.29, 0.717) is 19.4 Å². The van der Waals surface area contributed by atoms with Gasteiger partial charge in [0.2, 0.25) is 0 Å². The number of halogens is 6. The van der Waals surface area contributed by atoms with E-state index in [2.05, 4.69) is 0 Å². The lowest BCUT2D eigenvalue weighted by molar-refractivity contribution is -0.144. The number of aliphatic carboxylic acids is 1. The highest BCUT2D eigenvalue weighted by Crippen LogP contribution is 2.36. The van der Waals surface area contributed by atoms with E-state index in [0.717, 1.165) is 0 Å². The van der Waals surface area contributed by atoms with Crippen LogP contribution in [0.15, 0.2) is 18.2 Å². The number of carboxylic acids is 1. The Kier molecular flexibility index (Phi) is 6.03. The van der Waals surface area contributed by atoms with Crippen LogP contribution in [-0.2, 0) is 21.9 Å². The summed E-state index contributed by atoms with van der Waals surface area (Å²) in [6.45, 7) is 0.410. The van der Waals surface area contributed by atoms with Gasteiger partial charge in [-0.2, -0.15) is 26.3 Å². The van der Waals surface area contributed by atoms with Crippen LogP contribution in [0.2, 0.25) is 0 Å². The second-order valence-electron chi connectivity index (χ2n) is 6.06. The predicted octanol–water partition coefficient (Wildman–Crippen LogP) is 3.33. The molecule has 1 aliphatic rings. The van der Waals surface area contributed by atoms with Gasteiger partial charge in [-0.1, -0.05) is 0 Å². The maximum atomic E-state index is 12.9. The molecular weight excluding hydrogens is 384 g/mol. The molecule has 2 rings (SSSR count). The molecule has 0 bridgehead atoms. The Morgan fingerprint density at radius 3 is 2.04 bits per heavy atom. The Morgan fingerprint density at radius 1 is 1.07 bits per heavy atom. The van der Waals surface area contributed by atoms with Crippen LogP contribution in [0.1, 0.15) is 34.3 Å². The summed E-state index contributed by atoms with van der Waals surface area (Å²) in [4.78, 5) is 23.6. The van der Waals surface area contributed by atoms with Gasteiger partial charge in [0.1, 0.15) is 6.04 Å². The fourth-order valence-electron chi connectivity index (χ4n) is 2.72. The maximum Gasteiger partial charge on any atom is 0.416 e. The van der Waals surface area contributed by atoms with Gasteiger partial charge in [-0.3, -0.25) is 4.79 Å². The van der Waals surface area contributed by atoms with Gasteiger partial charge in [-0.25, -0.2) is 4.79 Å². The third-order valence-corrected chi connectivity index (χ3v) is 4.07.